The van der Waals surface area contributed by atoms with Crippen LogP contribution < -0.4 is 0 Å². The zero-order chi connectivity index (χ0) is 12.4. The molecule has 17 heavy (non-hydrogen) atoms. The topological polar surface area (TPSA) is 0 Å². The number of halogens is 4. The van der Waals surface area contributed by atoms with Gasteiger partial charge in [-0.15, -0.1) is 0 Å². The van der Waals surface area contributed by atoms with Crippen molar-refractivity contribution < 1.29 is 8.78 Å². The highest BCUT2D eigenvalue weighted by molar-refractivity contribution is 14.1. The molecule has 0 aromatic heterocycles. The van der Waals surface area contributed by atoms with Crippen LogP contribution in [0.3, 0.4) is 0 Å². The first kappa shape index (κ1) is 13.0. The van der Waals surface area contributed by atoms with E-state index in [1.54, 1.807) is 6.07 Å². The normalized spacial score (nSPS) is 12.5. The molecule has 0 radical (unpaired) electrons. The molecule has 2 aromatic carbocycles. The van der Waals surface area contributed by atoms with Crippen LogP contribution in [-0.4, -0.2) is 0 Å². The standard InChI is InChI=1S/C13H8BrF2I/c14-13(9-3-1-2-4-12(9)17)8-5-6-10(15)11(16)7-8/h1-7,13H. The maximum Gasteiger partial charge on any atom is 0.159 e. The van der Waals surface area contributed by atoms with E-state index in [0.29, 0.717) is 5.56 Å². The van der Waals surface area contributed by atoms with Gasteiger partial charge in [0.05, 0.1) is 4.83 Å². The second-order valence-corrected chi connectivity index (χ2v) is 5.64. The summed E-state index contributed by atoms with van der Waals surface area (Å²) in [4.78, 5) is -0.134. The Morgan fingerprint density at radius 1 is 1.00 bits per heavy atom. The molecule has 0 amide bonds. The van der Waals surface area contributed by atoms with Gasteiger partial charge in [0.1, 0.15) is 0 Å². The van der Waals surface area contributed by atoms with E-state index in [1.165, 1.54) is 6.07 Å². The molecular weight excluding hydrogens is 401 g/mol. The van der Waals surface area contributed by atoms with E-state index in [-0.39, 0.29) is 4.83 Å². The van der Waals surface area contributed by atoms with E-state index in [0.717, 1.165) is 15.2 Å². The van der Waals surface area contributed by atoms with Gasteiger partial charge < -0.3 is 0 Å². The van der Waals surface area contributed by atoms with Crippen molar-refractivity contribution in [3.8, 4) is 0 Å². The van der Waals surface area contributed by atoms with Crippen LogP contribution in [0.2, 0.25) is 0 Å². The third-order valence-electron chi connectivity index (χ3n) is 2.41. The van der Waals surface area contributed by atoms with Gasteiger partial charge in [-0.05, 0) is 51.9 Å². The summed E-state index contributed by atoms with van der Waals surface area (Å²) in [7, 11) is 0. The summed E-state index contributed by atoms with van der Waals surface area (Å²) in [5.74, 6) is -1.64. The van der Waals surface area contributed by atoms with Crippen molar-refractivity contribution >= 4 is 38.5 Å². The zero-order valence-electron chi connectivity index (χ0n) is 8.63. The Balaban J connectivity index is 2.40. The summed E-state index contributed by atoms with van der Waals surface area (Å²) in [5.41, 5.74) is 1.74. The van der Waals surface area contributed by atoms with E-state index in [2.05, 4.69) is 38.5 Å². The summed E-state index contributed by atoms with van der Waals surface area (Å²) in [5, 5.41) is 0. The molecule has 0 saturated heterocycles. The smallest absolute Gasteiger partial charge is 0.159 e. The van der Waals surface area contributed by atoms with Crippen molar-refractivity contribution in [2.24, 2.45) is 0 Å². The molecular formula is C13H8BrF2I. The minimum Gasteiger partial charge on any atom is -0.204 e. The number of benzene rings is 2. The molecule has 2 rings (SSSR count). The van der Waals surface area contributed by atoms with Gasteiger partial charge in [0.25, 0.3) is 0 Å². The molecule has 0 fully saturated rings. The third kappa shape index (κ3) is 2.85. The molecule has 0 N–H and O–H groups in total. The Morgan fingerprint density at radius 2 is 1.71 bits per heavy atom. The van der Waals surface area contributed by atoms with Crippen LogP contribution in [0.1, 0.15) is 16.0 Å². The maximum atomic E-state index is 13.2. The number of rotatable bonds is 2. The van der Waals surface area contributed by atoms with E-state index in [1.807, 2.05) is 24.3 Å². The maximum absolute atomic E-state index is 13.2. The van der Waals surface area contributed by atoms with Crippen LogP contribution in [0.4, 0.5) is 8.78 Å². The van der Waals surface area contributed by atoms with Gasteiger partial charge in [0.2, 0.25) is 0 Å². The molecule has 0 nitrogen and oxygen atoms in total. The second kappa shape index (κ2) is 5.44. The first-order chi connectivity index (χ1) is 8.09. The molecule has 4 heteroatoms. The molecule has 0 spiro atoms. The van der Waals surface area contributed by atoms with Crippen LogP contribution in [0.15, 0.2) is 42.5 Å². The van der Waals surface area contributed by atoms with Crippen molar-refractivity contribution in [2.75, 3.05) is 0 Å². The van der Waals surface area contributed by atoms with E-state index < -0.39 is 11.6 Å². The second-order valence-electron chi connectivity index (χ2n) is 3.56. The number of hydrogen-bond donors (Lipinski definition) is 0. The Morgan fingerprint density at radius 3 is 2.35 bits per heavy atom. The molecule has 1 unspecified atom stereocenters. The minimum absolute atomic E-state index is 0.134. The molecule has 2 aromatic rings. The molecule has 0 saturated carbocycles. The molecule has 1 atom stereocenters. The van der Waals surface area contributed by atoms with E-state index in [4.69, 9.17) is 0 Å². The quantitative estimate of drug-likeness (QED) is 0.481. The van der Waals surface area contributed by atoms with Crippen LogP contribution in [0.25, 0.3) is 0 Å². The van der Waals surface area contributed by atoms with Gasteiger partial charge in [-0.1, -0.05) is 40.2 Å². The lowest BCUT2D eigenvalue weighted by Crippen LogP contribution is -1.97. The van der Waals surface area contributed by atoms with Crippen LogP contribution in [-0.2, 0) is 0 Å². The van der Waals surface area contributed by atoms with Crippen molar-refractivity contribution in [2.45, 2.75) is 4.83 Å². The highest BCUT2D eigenvalue weighted by Crippen LogP contribution is 2.33. The lowest BCUT2D eigenvalue weighted by atomic mass is 10.0. The molecule has 88 valence electrons. The summed E-state index contributed by atoms with van der Waals surface area (Å²) in [6, 6.07) is 11.8. The van der Waals surface area contributed by atoms with Crippen molar-refractivity contribution in [3.05, 3.63) is 68.8 Å². The van der Waals surface area contributed by atoms with Gasteiger partial charge in [-0.25, -0.2) is 8.78 Å². The lowest BCUT2D eigenvalue weighted by Gasteiger charge is -2.12. The molecule has 0 aliphatic heterocycles. The Bertz CT molecular complexity index is 543. The third-order valence-corrected chi connectivity index (χ3v) is 4.42. The predicted octanol–water partition coefficient (Wildman–Crippen LogP) is 5.05. The average Bonchev–Trinajstić information content (AvgIpc) is 2.32. The molecule has 0 bridgehead atoms. The highest BCUT2D eigenvalue weighted by Gasteiger charge is 2.14. The fraction of sp³-hybridized carbons (Fsp3) is 0.0769. The van der Waals surface area contributed by atoms with Crippen molar-refractivity contribution in [1.29, 1.82) is 0 Å². The fourth-order valence-electron chi connectivity index (χ4n) is 1.53. The number of hydrogen-bond acceptors (Lipinski definition) is 0. The molecule has 0 aliphatic rings. The van der Waals surface area contributed by atoms with E-state index >= 15 is 0 Å². The Labute approximate surface area is 120 Å². The monoisotopic (exact) mass is 408 g/mol. The van der Waals surface area contributed by atoms with E-state index in [9.17, 15) is 8.78 Å². The van der Waals surface area contributed by atoms with Crippen molar-refractivity contribution in [3.63, 3.8) is 0 Å². The SMILES string of the molecule is Fc1ccc(C(Br)c2ccccc2I)cc1F. The predicted molar refractivity (Wildman–Crippen MR) is 76.3 cm³/mol. The lowest BCUT2D eigenvalue weighted by molar-refractivity contribution is 0.507. The van der Waals surface area contributed by atoms with Gasteiger partial charge in [-0.3, -0.25) is 0 Å². The minimum atomic E-state index is -0.823. The summed E-state index contributed by atoms with van der Waals surface area (Å²) in [6.45, 7) is 0. The van der Waals surface area contributed by atoms with Crippen molar-refractivity contribution in [1.82, 2.24) is 0 Å². The zero-order valence-corrected chi connectivity index (χ0v) is 12.4. The molecule has 0 aliphatic carbocycles. The van der Waals surface area contributed by atoms with Gasteiger partial charge in [-0.2, -0.15) is 0 Å². The van der Waals surface area contributed by atoms with Crippen LogP contribution in [0, 0.1) is 15.2 Å². The largest absolute Gasteiger partial charge is 0.204 e. The van der Waals surface area contributed by atoms with Crippen LogP contribution >= 0.6 is 38.5 Å². The summed E-state index contributed by atoms with van der Waals surface area (Å²) in [6.07, 6.45) is 0. The van der Waals surface area contributed by atoms with Crippen LogP contribution in [0.5, 0.6) is 0 Å². The Hall–Kier alpha value is -0.490. The summed E-state index contributed by atoms with van der Waals surface area (Å²) >= 11 is 5.73. The fourth-order valence-corrected chi connectivity index (χ4v) is 3.34. The van der Waals surface area contributed by atoms with Gasteiger partial charge >= 0.3 is 0 Å². The van der Waals surface area contributed by atoms with Gasteiger partial charge in [0, 0.05) is 3.57 Å². The number of alkyl halides is 1. The summed E-state index contributed by atoms with van der Waals surface area (Å²) < 4.78 is 27.1. The Kier molecular flexibility index (Phi) is 4.14. The highest BCUT2D eigenvalue weighted by atomic mass is 127. The average molecular weight is 409 g/mol. The first-order valence-corrected chi connectivity index (χ1v) is 6.92. The van der Waals surface area contributed by atoms with Gasteiger partial charge in [0.15, 0.2) is 11.6 Å². The first-order valence-electron chi connectivity index (χ1n) is 4.93. The molecule has 0 heterocycles.